The van der Waals surface area contributed by atoms with Gasteiger partial charge in [0.25, 0.3) is 0 Å². The van der Waals surface area contributed by atoms with E-state index in [-0.39, 0.29) is 5.75 Å². The first-order valence-electron chi connectivity index (χ1n) is 14.5. The van der Waals surface area contributed by atoms with Crippen molar-refractivity contribution in [3.8, 4) is 11.4 Å². The Hall–Kier alpha value is -3.02. The molecule has 1 unspecified atom stereocenters. The number of carbonyl (C=O) groups excluding carboxylic acids is 1. The van der Waals surface area contributed by atoms with Gasteiger partial charge in [0.2, 0.25) is 10.0 Å². The van der Waals surface area contributed by atoms with Gasteiger partial charge in [-0.05, 0) is 56.6 Å². The number of benzene rings is 1. The summed E-state index contributed by atoms with van der Waals surface area (Å²) >= 11 is 0. The van der Waals surface area contributed by atoms with Crippen LogP contribution in [0.2, 0.25) is 0 Å². The van der Waals surface area contributed by atoms with Crippen molar-refractivity contribution < 1.29 is 17.9 Å². The molecule has 1 aromatic carbocycles. The predicted molar refractivity (Wildman–Crippen MR) is 159 cm³/mol. The number of fused-ring (bicyclic) bond motifs is 1. The molecule has 4 rings (SSSR count). The van der Waals surface area contributed by atoms with E-state index in [1.165, 1.54) is 10.7 Å². The molecule has 218 valence electrons. The molecular weight excluding hydrogens is 528 g/mol. The fourth-order valence-corrected chi connectivity index (χ4v) is 6.84. The molecule has 0 aliphatic carbocycles. The zero-order valence-corrected chi connectivity index (χ0v) is 24.7. The quantitative estimate of drug-likeness (QED) is 0.277. The second-order valence-corrected chi connectivity index (χ2v) is 12.3. The van der Waals surface area contributed by atoms with Crippen LogP contribution < -0.4 is 5.32 Å². The van der Waals surface area contributed by atoms with Crippen molar-refractivity contribution in [1.82, 2.24) is 23.7 Å². The lowest BCUT2D eigenvalue weighted by atomic mass is 10.2. The maximum Gasteiger partial charge on any atom is 0.413 e. The Labute approximate surface area is 237 Å². The number of carbonyl (C=O) groups is 1. The molecule has 40 heavy (non-hydrogen) atoms. The average Bonchev–Trinajstić information content (AvgIpc) is 3.32. The van der Waals surface area contributed by atoms with E-state index in [4.69, 9.17) is 9.72 Å². The van der Waals surface area contributed by atoms with Crippen molar-refractivity contribution in [3.05, 3.63) is 42.7 Å². The van der Waals surface area contributed by atoms with Crippen LogP contribution in [0.15, 0.2) is 42.7 Å². The smallest absolute Gasteiger partial charge is 0.413 e. The van der Waals surface area contributed by atoms with Crippen molar-refractivity contribution in [2.24, 2.45) is 0 Å². The molecule has 0 radical (unpaired) electrons. The van der Waals surface area contributed by atoms with Crippen molar-refractivity contribution in [1.29, 1.82) is 0 Å². The van der Waals surface area contributed by atoms with E-state index in [9.17, 15) is 13.2 Å². The van der Waals surface area contributed by atoms with E-state index < -0.39 is 22.3 Å². The van der Waals surface area contributed by atoms with Crippen LogP contribution >= 0.6 is 0 Å². The number of anilines is 1. The van der Waals surface area contributed by atoms with Crippen molar-refractivity contribution in [3.63, 3.8) is 0 Å². The number of hydrogen-bond donors (Lipinski definition) is 1. The molecule has 1 N–H and O–H groups in total. The molecule has 3 aromatic rings. The van der Waals surface area contributed by atoms with Crippen LogP contribution in [-0.2, 0) is 21.3 Å². The molecule has 1 saturated heterocycles. The van der Waals surface area contributed by atoms with Crippen LogP contribution in [0.4, 0.5) is 10.5 Å². The van der Waals surface area contributed by atoms with Gasteiger partial charge in [-0.3, -0.25) is 15.2 Å². The number of aromatic nitrogens is 3. The number of aryl methyl sites for hydroxylation is 1. The highest BCUT2D eigenvalue weighted by molar-refractivity contribution is 7.89. The number of nitrogens with one attached hydrogen (secondary N) is 1. The third kappa shape index (κ3) is 7.38. The lowest BCUT2D eigenvalue weighted by Gasteiger charge is -2.39. The molecule has 10 nitrogen and oxygen atoms in total. The van der Waals surface area contributed by atoms with Gasteiger partial charge in [0.1, 0.15) is 5.82 Å². The van der Waals surface area contributed by atoms with Gasteiger partial charge < -0.3 is 9.30 Å². The fraction of sp³-hybridized carbons (Fsp3) is 0.552. The molecule has 0 spiro atoms. The second-order valence-electron chi connectivity index (χ2n) is 10.3. The number of pyridine rings is 1. The van der Waals surface area contributed by atoms with Crippen LogP contribution in [0.1, 0.15) is 59.3 Å². The Morgan fingerprint density at radius 1 is 1.07 bits per heavy atom. The van der Waals surface area contributed by atoms with E-state index in [1.807, 2.05) is 25.1 Å². The number of amides is 1. The third-order valence-corrected chi connectivity index (χ3v) is 9.22. The first-order chi connectivity index (χ1) is 19.4. The van der Waals surface area contributed by atoms with Gasteiger partial charge in [-0.15, -0.1) is 0 Å². The van der Waals surface area contributed by atoms with Gasteiger partial charge in [-0.1, -0.05) is 39.5 Å². The van der Waals surface area contributed by atoms with E-state index in [0.29, 0.717) is 31.7 Å². The van der Waals surface area contributed by atoms with Gasteiger partial charge in [0.15, 0.2) is 6.23 Å². The second kappa shape index (κ2) is 14.0. The number of piperazine rings is 1. The summed E-state index contributed by atoms with van der Waals surface area (Å²) in [5, 5.41) is 2.80. The fourth-order valence-electron chi connectivity index (χ4n) is 5.12. The van der Waals surface area contributed by atoms with Gasteiger partial charge in [0.05, 0.1) is 23.3 Å². The highest BCUT2D eigenvalue weighted by atomic mass is 32.2. The molecule has 3 heterocycles. The van der Waals surface area contributed by atoms with Crippen LogP contribution in [0, 0.1) is 0 Å². The number of sulfonamides is 1. The molecule has 11 heteroatoms. The number of nitrogens with zero attached hydrogens (tertiary/aromatic N) is 5. The molecule has 1 aliphatic rings. The number of ether oxygens (including phenoxy) is 1. The maximum absolute atomic E-state index is 13.1. The topological polar surface area (TPSA) is 110 Å². The first kappa shape index (κ1) is 30.0. The largest absolute Gasteiger partial charge is 0.428 e. The maximum atomic E-state index is 13.1. The first-order valence-corrected chi connectivity index (χ1v) is 16.1. The van der Waals surface area contributed by atoms with Gasteiger partial charge in [-0.2, -0.15) is 4.31 Å². The van der Waals surface area contributed by atoms with Crippen LogP contribution in [-0.4, -0.2) is 76.4 Å². The number of imidazole rings is 1. The SMILES string of the molecule is CCCCCCN1CCN(S(=O)(=O)CCCC)C(OC(=O)Nc2ccc3c(c2)nc(-c2cccnc2)n3CC)C1. The van der Waals surface area contributed by atoms with E-state index in [2.05, 4.69) is 33.6 Å². The van der Waals surface area contributed by atoms with Gasteiger partial charge >= 0.3 is 6.09 Å². The number of hydrogen-bond acceptors (Lipinski definition) is 7. The van der Waals surface area contributed by atoms with Gasteiger partial charge in [0, 0.05) is 43.3 Å². The molecule has 2 aromatic heterocycles. The summed E-state index contributed by atoms with van der Waals surface area (Å²) in [6.45, 7) is 9.10. The Balaban J connectivity index is 1.49. The molecule has 0 bridgehead atoms. The minimum atomic E-state index is -3.54. The van der Waals surface area contributed by atoms with Crippen molar-refractivity contribution in [2.45, 2.75) is 72.1 Å². The van der Waals surface area contributed by atoms with Crippen LogP contribution in [0.5, 0.6) is 0 Å². The molecule has 1 aliphatic heterocycles. The molecule has 1 atom stereocenters. The molecule has 0 saturated carbocycles. The minimum absolute atomic E-state index is 0.0531. The average molecular weight is 571 g/mol. The zero-order valence-electron chi connectivity index (χ0n) is 23.9. The molecule has 1 amide bonds. The third-order valence-electron chi connectivity index (χ3n) is 7.29. The van der Waals surface area contributed by atoms with Crippen molar-refractivity contribution in [2.75, 3.05) is 37.2 Å². The Bertz CT molecular complexity index is 1360. The molecule has 1 fully saturated rings. The zero-order chi connectivity index (χ0) is 28.5. The lowest BCUT2D eigenvalue weighted by Crippen LogP contribution is -2.57. The summed E-state index contributed by atoms with van der Waals surface area (Å²) in [5.41, 5.74) is 3.12. The minimum Gasteiger partial charge on any atom is -0.428 e. The van der Waals surface area contributed by atoms with Crippen LogP contribution in [0.3, 0.4) is 0 Å². The Kier molecular flexibility index (Phi) is 10.5. The summed E-state index contributed by atoms with van der Waals surface area (Å²) in [5.74, 6) is 0.858. The summed E-state index contributed by atoms with van der Waals surface area (Å²) in [6.07, 6.45) is 7.81. The standard InChI is InChI=1S/C29H42N6O4S/c1-4-7-9-10-16-33-17-18-35(40(37,38)19-8-5-2)27(22-33)39-29(36)31-24-13-14-26-25(20-24)32-28(34(26)6-3)23-12-11-15-30-21-23/h11-15,20-21,27H,4-10,16-19,22H2,1-3H3,(H,31,36). The van der Waals surface area contributed by atoms with E-state index in [1.54, 1.807) is 24.5 Å². The summed E-state index contributed by atoms with van der Waals surface area (Å²) in [7, 11) is -3.54. The number of rotatable bonds is 13. The predicted octanol–water partition coefficient (Wildman–Crippen LogP) is 5.32. The van der Waals surface area contributed by atoms with E-state index in [0.717, 1.165) is 61.2 Å². The monoisotopic (exact) mass is 570 g/mol. The Morgan fingerprint density at radius 3 is 2.62 bits per heavy atom. The number of unbranched alkanes of at least 4 members (excludes halogenated alkanes) is 4. The summed E-state index contributed by atoms with van der Waals surface area (Å²) < 4.78 is 35.5. The highest BCUT2D eigenvalue weighted by Crippen LogP contribution is 2.27. The summed E-state index contributed by atoms with van der Waals surface area (Å²) in [4.78, 5) is 24.3. The normalized spacial score (nSPS) is 16.8. The van der Waals surface area contributed by atoms with Crippen LogP contribution in [0.25, 0.3) is 22.4 Å². The summed E-state index contributed by atoms with van der Waals surface area (Å²) in [6, 6.07) is 9.37. The molecular formula is C29H42N6O4S. The van der Waals surface area contributed by atoms with E-state index >= 15 is 0 Å². The highest BCUT2D eigenvalue weighted by Gasteiger charge is 2.37. The Morgan fingerprint density at radius 2 is 1.90 bits per heavy atom. The lowest BCUT2D eigenvalue weighted by molar-refractivity contribution is -0.0167. The van der Waals surface area contributed by atoms with Crippen molar-refractivity contribution >= 4 is 32.8 Å². The van der Waals surface area contributed by atoms with Gasteiger partial charge in [-0.25, -0.2) is 18.2 Å².